The molecule has 5 nitrogen and oxygen atoms in total. The Morgan fingerprint density at radius 2 is 1.19 bits per heavy atom. The van der Waals surface area contributed by atoms with Gasteiger partial charge in [-0.2, -0.15) is 0 Å². The average Bonchev–Trinajstić information content (AvgIpc) is 2.86. The second-order valence-corrected chi connectivity index (χ2v) is 9.62. The van der Waals surface area contributed by atoms with Crippen LogP contribution in [0.15, 0.2) is 48.6 Å². The lowest BCUT2D eigenvalue weighted by molar-refractivity contribution is -0.124. The molecule has 0 saturated carbocycles. The molecular weight excluding hydrogens is 450 g/mol. The van der Waals surface area contributed by atoms with E-state index < -0.39 is 18.2 Å². The van der Waals surface area contributed by atoms with Crippen LogP contribution in [0, 0.1) is 0 Å². The lowest BCUT2D eigenvalue weighted by atomic mass is 10.1. The van der Waals surface area contributed by atoms with Crippen LogP contribution in [0.25, 0.3) is 0 Å². The summed E-state index contributed by atoms with van der Waals surface area (Å²) in [6.07, 6.45) is 30.9. The van der Waals surface area contributed by atoms with Gasteiger partial charge < -0.3 is 20.6 Å². The molecule has 0 fully saturated rings. The minimum atomic E-state index is -0.961. The standard InChI is InChI=1S/C31H55NO4/c1-3-5-7-9-11-13-14-15-16-17-19-21-23-25-30(35)29(27-33)32-31(36)26-28(34)24-22-20-18-12-10-8-6-4-2/h10-13,16-17,23,25,28-30,33-35H,3-9,14-15,18-22,24,26-27H2,1-2H3,(H,32,36)/b12-10-,13-11+,17-16+,25-23+. The van der Waals surface area contributed by atoms with Crippen LogP contribution in [0.1, 0.15) is 117 Å². The van der Waals surface area contributed by atoms with Gasteiger partial charge in [0.15, 0.2) is 0 Å². The lowest BCUT2D eigenvalue weighted by Gasteiger charge is -2.20. The smallest absolute Gasteiger partial charge is 0.222 e. The molecule has 36 heavy (non-hydrogen) atoms. The maximum atomic E-state index is 12.2. The van der Waals surface area contributed by atoms with E-state index in [1.807, 2.05) is 6.08 Å². The van der Waals surface area contributed by atoms with Crippen molar-refractivity contribution in [3.63, 3.8) is 0 Å². The van der Waals surface area contributed by atoms with Crippen molar-refractivity contribution in [2.45, 2.75) is 135 Å². The van der Waals surface area contributed by atoms with E-state index in [-0.39, 0.29) is 18.9 Å². The molecule has 0 aromatic heterocycles. The third-order valence-electron chi connectivity index (χ3n) is 6.07. The Kier molecular flexibility index (Phi) is 25.1. The van der Waals surface area contributed by atoms with Crippen molar-refractivity contribution in [2.24, 2.45) is 0 Å². The van der Waals surface area contributed by atoms with Crippen molar-refractivity contribution < 1.29 is 20.1 Å². The van der Waals surface area contributed by atoms with E-state index in [1.165, 1.54) is 38.5 Å². The van der Waals surface area contributed by atoms with Gasteiger partial charge in [-0.15, -0.1) is 0 Å². The number of hydrogen-bond acceptors (Lipinski definition) is 4. The highest BCUT2D eigenvalue weighted by Gasteiger charge is 2.19. The Labute approximate surface area is 221 Å². The summed E-state index contributed by atoms with van der Waals surface area (Å²) in [6, 6.07) is -0.770. The van der Waals surface area contributed by atoms with Crippen molar-refractivity contribution in [2.75, 3.05) is 6.61 Å². The normalized spacial score (nSPS) is 14.9. The fourth-order valence-electron chi connectivity index (χ4n) is 3.76. The Morgan fingerprint density at radius 3 is 1.75 bits per heavy atom. The Balaban J connectivity index is 3.99. The first kappa shape index (κ1) is 34.3. The number of rotatable bonds is 24. The Morgan fingerprint density at radius 1 is 0.694 bits per heavy atom. The van der Waals surface area contributed by atoms with Gasteiger partial charge in [0.05, 0.1) is 31.3 Å². The molecule has 5 heteroatoms. The van der Waals surface area contributed by atoms with Crippen molar-refractivity contribution >= 4 is 5.91 Å². The minimum Gasteiger partial charge on any atom is -0.394 e. The highest BCUT2D eigenvalue weighted by atomic mass is 16.3. The third-order valence-corrected chi connectivity index (χ3v) is 6.07. The molecule has 0 aliphatic carbocycles. The molecule has 208 valence electrons. The first-order chi connectivity index (χ1) is 17.5. The molecule has 0 aliphatic heterocycles. The van der Waals surface area contributed by atoms with Crippen LogP contribution >= 0.6 is 0 Å². The number of aliphatic hydroxyl groups excluding tert-OH is 3. The Hall–Kier alpha value is -1.69. The maximum Gasteiger partial charge on any atom is 0.222 e. The summed E-state index contributed by atoms with van der Waals surface area (Å²) >= 11 is 0. The van der Waals surface area contributed by atoms with Gasteiger partial charge in [0, 0.05) is 0 Å². The fourth-order valence-corrected chi connectivity index (χ4v) is 3.76. The van der Waals surface area contributed by atoms with E-state index >= 15 is 0 Å². The van der Waals surface area contributed by atoms with Gasteiger partial charge >= 0.3 is 0 Å². The van der Waals surface area contributed by atoms with Crippen LogP contribution < -0.4 is 5.32 Å². The second-order valence-electron chi connectivity index (χ2n) is 9.62. The van der Waals surface area contributed by atoms with Crippen molar-refractivity contribution in [1.82, 2.24) is 5.32 Å². The van der Waals surface area contributed by atoms with Crippen LogP contribution in [0.4, 0.5) is 0 Å². The molecular formula is C31H55NO4. The number of nitrogens with one attached hydrogen (secondary N) is 1. The van der Waals surface area contributed by atoms with Crippen LogP contribution in [0.5, 0.6) is 0 Å². The predicted molar refractivity (Wildman–Crippen MR) is 153 cm³/mol. The molecule has 0 aliphatic rings. The predicted octanol–water partition coefficient (Wildman–Crippen LogP) is 6.69. The number of unbranched alkanes of at least 4 members (excludes halogenated alkanes) is 9. The van der Waals surface area contributed by atoms with Gasteiger partial charge in [0.2, 0.25) is 5.91 Å². The van der Waals surface area contributed by atoms with Gasteiger partial charge in [-0.1, -0.05) is 94.6 Å². The number of carbonyl (C=O) groups is 1. The van der Waals surface area contributed by atoms with Crippen LogP contribution in [-0.4, -0.2) is 46.1 Å². The molecule has 0 saturated heterocycles. The zero-order valence-electron chi connectivity index (χ0n) is 23.1. The van der Waals surface area contributed by atoms with E-state index in [9.17, 15) is 20.1 Å². The van der Waals surface area contributed by atoms with E-state index in [0.717, 1.165) is 51.4 Å². The van der Waals surface area contributed by atoms with Gasteiger partial charge in [0.25, 0.3) is 0 Å². The molecule has 4 N–H and O–H groups in total. The van der Waals surface area contributed by atoms with E-state index in [2.05, 4.69) is 55.6 Å². The van der Waals surface area contributed by atoms with Gasteiger partial charge in [0.1, 0.15) is 0 Å². The first-order valence-corrected chi connectivity index (χ1v) is 14.4. The zero-order valence-corrected chi connectivity index (χ0v) is 23.1. The highest BCUT2D eigenvalue weighted by Crippen LogP contribution is 2.09. The third kappa shape index (κ3) is 22.8. The van der Waals surface area contributed by atoms with Crippen LogP contribution in [0.2, 0.25) is 0 Å². The minimum absolute atomic E-state index is 0.0159. The SMILES string of the molecule is CCCC/C=C\CCCCC(O)CC(=O)NC(CO)C(O)/C=C/CC/C=C/CC/C=C/CCCCC. The van der Waals surface area contributed by atoms with Gasteiger partial charge in [-0.25, -0.2) is 0 Å². The fraction of sp³-hybridized carbons (Fsp3) is 0.710. The lowest BCUT2D eigenvalue weighted by Crippen LogP contribution is -2.45. The quantitative estimate of drug-likeness (QED) is 0.0869. The summed E-state index contributed by atoms with van der Waals surface area (Å²) < 4.78 is 0. The van der Waals surface area contributed by atoms with Gasteiger partial charge in [-0.05, 0) is 64.2 Å². The number of amides is 1. The van der Waals surface area contributed by atoms with Crippen molar-refractivity contribution in [3.05, 3.63) is 48.6 Å². The molecule has 0 spiro atoms. The summed E-state index contributed by atoms with van der Waals surface area (Å²) in [6.45, 7) is 4.05. The van der Waals surface area contributed by atoms with E-state index in [0.29, 0.717) is 6.42 Å². The number of aliphatic hydroxyl groups is 3. The largest absolute Gasteiger partial charge is 0.394 e. The zero-order chi connectivity index (χ0) is 26.7. The molecule has 0 heterocycles. The summed E-state index contributed by atoms with van der Waals surface area (Å²) in [4.78, 5) is 12.2. The van der Waals surface area contributed by atoms with E-state index in [4.69, 9.17) is 0 Å². The topological polar surface area (TPSA) is 89.8 Å². The molecule has 0 rings (SSSR count). The number of allylic oxidation sites excluding steroid dienone is 7. The van der Waals surface area contributed by atoms with Gasteiger partial charge in [-0.3, -0.25) is 4.79 Å². The monoisotopic (exact) mass is 505 g/mol. The second kappa shape index (κ2) is 26.4. The molecule has 0 aromatic rings. The van der Waals surface area contributed by atoms with E-state index in [1.54, 1.807) is 6.08 Å². The maximum absolute atomic E-state index is 12.2. The highest BCUT2D eigenvalue weighted by molar-refractivity contribution is 5.76. The summed E-state index contributed by atoms with van der Waals surface area (Å²) in [5.74, 6) is -0.351. The molecule has 3 unspecified atom stereocenters. The van der Waals surface area contributed by atoms with Crippen LogP contribution in [-0.2, 0) is 4.79 Å². The molecule has 0 radical (unpaired) electrons. The molecule has 0 aromatic carbocycles. The molecule has 1 amide bonds. The first-order valence-electron chi connectivity index (χ1n) is 14.4. The Bertz CT molecular complexity index is 612. The van der Waals surface area contributed by atoms with Crippen molar-refractivity contribution in [3.8, 4) is 0 Å². The number of hydrogen-bond donors (Lipinski definition) is 4. The summed E-state index contributed by atoms with van der Waals surface area (Å²) in [5.41, 5.74) is 0. The summed E-state index contributed by atoms with van der Waals surface area (Å²) in [5, 5.41) is 32.6. The molecule has 0 bridgehead atoms. The molecule has 3 atom stereocenters. The number of carbonyl (C=O) groups excluding carboxylic acids is 1. The van der Waals surface area contributed by atoms with Crippen LogP contribution in [0.3, 0.4) is 0 Å². The average molecular weight is 506 g/mol. The summed E-state index contributed by atoms with van der Waals surface area (Å²) in [7, 11) is 0. The van der Waals surface area contributed by atoms with Crippen molar-refractivity contribution in [1.29, 1.82) is 0 Å².